The maximum atomic E-state index is 14.7. The summed E-state index contributed by atoms with van der Waals surface area (Å²) in [7, 11) is 0. The fourth-order valence-corrected chi connectivity index (χ4v) is 3.86. The molecule has 0 fully saturated rings. The molecule has 1 unspecified atom stereocenters. The quantitative estimate of drug-likeness (QED) is 0.135. The van der Waals surface area contributed by atoms with E-state index in [1.165, 1.54) is 6.07 Å². The van der Waals surface area contributed by atoms with Crippen LogP contribution in [0.15, 0.2) is 36.4 Å². The Bertz CT molecular complexity index is 941. The molecule has 2 aromatic rings. The second kappa shape index (κ2) is 14.8. The fourth-order valence-electron chi connectivity index (χ4n) is 3.86. The Labute approximate surface area is 210 Å². The highest BCUT2D eigenvalue weighted by molar-refractivity contribution is 5.90. The molecule has 2 aromatic carbocycles. The van der Waals surface area contributed by atoms with Gasteiger partial charge in [0.05, 0.1) is 24.7 Å². The molecule has 200 valence electrons. The summed E-state index contributed by atoms with van der Waals surface area (Å²) < 4.78 is 79.7. The third kappa shape index (κ3) is 9.10. The summed E-state index contributed by atoms with van der Waals surface area (Å²) in [5, 5.41) is 0. The Morgan fingerprint density at radius 1 is 0.806 bits per heavy atom. The SMILES string of the molecule is CCCCCCC(CCOC(=O)c1ccc(-c2ccc(OCCCCC)cc2)c(F)c1F)C(F)(F)F. The predicted octanol–water partition coefficient (Wildman–Crippen LogP) is 8.90. The van der Waals surface area contributed by atoms with Gasteiger partial charge in [-0.2, -0.15) is 13.2 Å². The van der Waals surface area contributed by atoms with Crippen LogP contribution in [0.25, 0.3) is 11.1 Å². The molecule has 36 heavy (non-hydrogen) atoms. The Morgan fingerprint density at radius 3 is 2.11 bits per heavy atom. The largest absolute Gasteiger partial charge is 0.494 e. The van der Waals surface area contributed by atoms with Crippen LogP contribution >= 0.6 is 0 Å². The summed E-state index contributed by atoms with van der Waals surface area (Å²) in [4.78, 5) is 12.3. The molecule has 0 aliphatic heterocycles. The van der Waals surface area contributed by atoms with E-state index in [-0.39, 0.29) is 12.0 Å². The van der Waals surface area contributed by atoms with Gasteiger partial charge in [0, 0.05) is 5.56 Å². The first-order chi connectivity index (χ1) is 17.2. The summed E-state index contributed by atoms with van der Waals surface area (Å²) in [6.07, 6.45) is 1.07. The zero-order valence-electron chi connectivity index (χ0n) is 20.9. The number of hydrogen-bond acceptors (Lipinski definition) is 3. The fraction of sp³-hybridized carbons (Fsp3) is 0.536. The molecule has 0 radical (unpaired) electrons. The van der Waals surface area contributed by atoms with E-state index in [1.807, 2.05) is 6.92 Å². The number of rotatable bonds is 15. The van der Waals surface area contributed by atoms with Crippen LogP contribution in [0.2, 0.25) is 0 Å². The average Bonchev–Trinajstić information content (AvgIpc) is 2.84. The number of hydrogen-bond donors (Lipinski definition) is 0. The Kier molecular flexibility index (Phi) is 12.2. The van der Waals surface area contributed by atoms with Crippen molar-refractivity contribution in [2.24, 2.45) is 5.92 Å². The van der Waals surface area contributed by atoms with Crippen LogP contribution in [0.5, 0.6) is 5.75 Å². The van der Waals surface area contributed by atoms with Gasteiger partial charge in [-0.15, -0.1) is 0 Å². The lowest BCUT2D eigenvalue weighted by molar-refractivity contribution is -0.180. The van der Waals surface area contributed by atoms with Crippen LogP contribution in [0, 0.1) is 17.6 Å². The van der Waals surface area contributed by atoms with Gasteiger partial charge in [0.15, 0.2) is 11.6 Å². The van der Waals surface area contributed by atoms with Crippen LogP contribution in [0.4, 0.5) is 22.0 Å². The third-order valence-corrected chi connectivity index (χ3v) is 6.05. The number of unbranched alkanes of at least 4 members (excludes halogenated alkanes) is 5. The van der Waals surface area contributed by atoms with Crippen molar-refractivity contribution in [3.05, 3.63) is 53.6 Å². The summed E-state index contributed by atoms with van der Waals surface area (Å²) in [5.74, 6) is -4.82. The van der Waals surface area contributed by atoms with E-state index in [1.54, 1.807) is 24.3 Å². The van der Waals surface area contributed by atoms with Gasteiger partial charge in [-0.05, 0) is 43.0 Å². The van der Waals surface area contributed by atoms with Crippen molar-refractivity contribution < 1.29 is 36.2 Å². The summed E-state index contributed by atoms with van der Waals surface area (Å²) >= 11 is 0. The van der Waals surface area contributed by atoms with Crippen LogP contribution in [0.3, 0.4) is 0 Å². The third-order valence-electron chi connectivity index (χ3n) is 6.05. The molecule has 1 atom stereocenters. The molecule has 0 spiro atoms. The number of ether oxygens (including phenoxy) is 2. The molecule has 3 nitrogen and oxygen atoms in total. The number of benzene rings is 2. The van der Waals surface area contributed by atoms with Crippen molar-refractivity contribution >= 4 is 5.97 Å². The molecule has 2 rings (SSSR count). The first-order valence-electron chi connectivity index (χ1n) is 12.6. The molecule has 0 amide bonds. The molecule has 0 aliphatic carbocycles. The van der Waals surface area contributed by atoms with Crippen molar-refractivity contribution in [1.29, 1.82) is 0 Å². The van der Waals surface area contributed by atoms with E-state index < -0.39 is 48.3 Å². The summed E-state index contributed by atoms with van der Waals surface area (Å²) in [6, 6.07) is 8.81. The van der Waals surface area contributed by atoms with Gasteiger partial charge >= 0.3 is 12.1 Å². The lowest BCUT2D eigenvalue weighted by Crippen LogP contribution is -2.25. The second-order valence-electron chi connectivity index (χ2n) is 8.88. The van der Waals surface area contributed by atoms with E-state index in [4.69, 9.17) is 9.47 Å². The summed E-state index contributed by atoms with van der Waals surface area (Å²) in [6.45, 7) is 4.10. The smallest absolute Gasteiger partial charge is 0.391 e. The number of alkyl halides is 3. The summed E-state index contributed by atoms with van der Waals surface area (Å²) in [5.41, 5.74) is -0.312. The molecule has 0 aliphatic rings. The van der Waals surface area contributed by atoms with E-state index in [0.717, 1.165) is 38.2 Å². The van der Waals surface area contributed by atoms with Crippen molar-refractivity contribution in [3.8, 4) is 16.9 Å². The lowest BCUT2D eigenvalue weighted by Gasteiger charge is -2.20. The Hall–Kier alpha value is -2.64. The minimum atomic E-state index is -4.41. The molecule has 0 bridgehead atoms. The minimum Gasteiger partial charge on any atom is -0.494 e. The minimum absolute atomic E-state index is 0.0502. The predicted molar refractivity (Wildman–Crippen MR) is 130 cm³/mol. The monoisotopic (exact) mass is 514 g/mol. The lowest BCUT2D eigenvalue weighted by atomic mass is 9.97. The highest BCUT2D eigenvalue weighted by Crippen LogP contribution is 2.33. The molecule has 0 saturated carbocycles. The van der Waals surface area contributed by atoms with Crippen LogP contribution < -0.4 is 4.74 Å². The molecule has 0 N–H and O–H groups in total. The first-order valence-corrected chi connectivity index (χ1v) is 12.6. The molecule has 0 heterocycles. The Morgan fingerprint density at radius 2 is 1.47 bits per heavy atom. The van der Waals surface area contributed by atoms with Crippen molar-refractivity contribution in [3.63, 3.8) is 0 Å². The zero-order chi connectivity index (χ0) is 26.6. The van der Waals surface area contributed by atoms with E-state index in [9.17, 15) is 26.7 Å². The van der Waals surface area contributed by atoms with E-state index in [2.05, 4.69) is 6.92 Å². The van der Waals surface area contributed by atoms with Gasteiger partial charge < -0.3 is 9.47 Å². The zero-order valence-corrected chi connectivity index (χ0v) is 20.9. The average molecular weight is 515 g/mol. The van der Waals surface area contributed by atoms with Crippen LogP contribution in [0.1, 0.15) is 82.0 Å². The van der Waals surface area contributed by atoms with Crippen molar-refractivity contribution in [1.82, 2.24) is 0 Å². The number of carbonyl (C=O) groups excluding carboxylic acids is 1. The highest BCUT2D eigenvalue weighted by Gasteiger charge is 2.38. The standard InChI is InChI=1S/C28H35F5O3/c1-3-5-7-8-10-21(28(31,32)33)17-19-36-27(34)24-16-15-23(25(29)26(24)30)20-11-13-22(14-12-20)35-18-9-6-4-2/h11-16,21H,3-10,17-19H2,1-2H3. The number of halogens is 5. The van der Waals surface area contributed by atoms with Gasteiger partial charge in [-0.3, -0.25) is 0 Å². The molecule has 8 heteroatoms. The topological polar surface area (TPSA) is 35.5 Å². The van der Waals surface area contributed by atoms with Gasteiger partial charge in [-0.1, -0.05) is 70.6 Å². The van der Waals surface area contributed by atoms with Gasteiger partial charge in [0.25, 0.3) is 0 Å². The van der Waals surface area contributed by atoms with Crippen LogP contribution in [-0.2, 0) is 4.74 Å². The maximum absolute atomic E-state index is 14.7. The van der Waals surface area contributed by atoms with E-state index in [0.29, 0.717) is 30.8 Å². The van der Waals surface area contributed by atoms with Crippen molar-refractivity contribution in [2.75, 3.05) is 13.2 Å². The first kappa shape index (κ1) is 29.6. The van der Waals surface area contributed by atoms with Crippen LogP contribution in [-0.4, -0.2) is 25.4 Å². The number of carbonyl (C=O) groups is 1. The Balaban J connectivity index is 1.98. The number of esters is 1. The van der Waals surface area contributed by atoms with Gasteiger partial charge in [-0.25, -0.2) is 13.6 Å². The molecule has 0 saturated heterocycles. The molecule has 0 aromatic heterocycles. The molecular formula is C28H35F5O3. The normalized spacial score (nSPS) is 12.4. The maximum Gasteiger partial charge on any atom is 0.391 e. The van der Waals surface area contributed by atoms with Crippen molar-refractivity contribution in [2.45, 2.75) is 77.8 Å². The molecular weight excluding hydrogens is 479 g/mol. The van der Waals surface area contributed by atoms with Gasteiger partial charge in [0.2, 0.25) is 0 Å². The van der Waals surface area contributed by atoms with Gasteiger partial charge in [0.1, 0.15) is 5.75 Å². The second-order valence-corrected chi connectivity index (χ2v) is 8.88. The highest BCUT2D eigenvalue weighted by atomic mass is 19.4. The van der Waals surface area contributed by atoms with E-state index >= 15 is 0 Å².